The second-order valence-corrected chi connectivity index (χ2v) is 6.29. The van der Waals surface area contributed by atoms with Gasteiger partial charge >= 0.3 is 17.9 Å². The summed E-state index contributed by atoms with van der Waals surface area (Å²) in [6, 6.07) is 0. The summed E-state index contributed by atoms with van der Waals surface area (Å²) in [5.74, 6) is -4.14. The van der Waals surface area contributed by atoms with E-state index in [4.69, 9.17) is 41.1 Å². The van der Waals surface area contributed by atoms with Gasteiger partial charge in [-0.1, -0.05) is 38.8 Å². The Hall–Kier alpha value is -4.15. The third-order valence-corrected chi connectivity index (χ3v) is 3.54. The number of carbonyl (C=O) groups excluding carboxylic acids is 2. The summed E-state index contributed by atoms with van der Waals surface area (Å²) in [5, 5.41) is 65.0. The fraction of sp³-hybridized carbons (Fsp3) is 0.348. The van der Waals surface area contributed by atoms with Crippen LogP contribution in [0.1, 0.15) is 26.2 Å². The molecular weight excluding hydrogens is 512 g/mol. The van der Waals surface area contributed by atoms with E-state index in [1.54, 1.807) is 12.2 Å². The number of carbonyl (C=O) groups is 5. The molecule has 38 heavy (non-hydrogen) atoms. The molecule has 0 saturated heterocycles. The van der Waals surface area contributed by atoms with Crippen LogP contribution >= 0.6 is 0 Å². The van der Waals surface area contributed by atoms with E-state index in [-0.39, 0.29) is 19.8 Å². The minimum absolute atomic E-state index is 0.156. The van der Waals surface area contributed by atoms with Gasteiger partial charge in [0.05, 0.1) is 19.8 Å². The number of carboxylic acid groups (broad SMARTS) is 3. The van der Waals surface area contributed by atoms with Crippen molar-refractivity contribution in [3.05, 3.63) is 62.3 Å². The number of hydrogen-bond acceptors (Lipinski definition) is 10. The standard InChI is InChI=1S/C8H12N2O4.C6H14O3.3C3H4O2/c11-7(9-13)5-3-1-2-4-6-8(12)10-14;1-2-6(3-7,4-8)5-9;3*1-2-3(4)5/h3-6,13-14H,1-2H2,(H,9,11)(H,10,12);7-9H,2-5H2,1H3;3*2H,1H2,(H,4,5). The van der Waals surface area contributed by atoms with E-state index in [2.05, 4.69) is 19.7 Å². The highest BCUT2D eigenvalue weighted by molar-refractivity contribution is 5.86. The summed E-state index contributed by atoms with van der Waals surface area (Å²) in [4.78, 5) is 48.6. The van der Waals surface area contributed by atoms with Crippen molar-refractivity contribution in [2.45, 2.75) is 26.2 Å². The van der Waals surface area contributed by atoms with Crippen LogP contribution in [0.4, 0.5) is 0 Å². The Morgan fingerprint density at radius 3 is 1.00 bits per heavy atom. The van der Waals surface area contributed by atoms with Crippen molar-refractivity contribution in [2.75, 3.05) is 19.8 Å². The molecule has 0 bridgehead atoms. The van der Waals surface area contributed by atoms with Gasteiger partial charge in [0, 0.05) is 35.8 Å². The van der Waals surface area contributed by atoms with Crippen molar-refractivity contribution in [1.82, 2.24) is 11.0 Å². The summed E-state index contributed by atoms with van der Waals surface area (Å²) in [5.41, 5.74) is 2.22. The van der Waals surface area contributed by atoms with Crippen molar-refractivity contribution in [3.63, 3.8) is 0 Å². The molecule has 218 valence electrons. The van der Waals surface area contributed by atoms with Gasteiger partial charge in [-0.3, -0.25) is 20.0 Å². The SMILES string of the molecule is C=CC(=O)O.C=CC(=O)O.C=CC(=O)O.CCC(CO)(CO)CO.O=C(C=CCCC=CC(=O)NO)NO. The highest BCUT2D eigenvalue weighted by Gasteiger charge is 2.24. The van der Waals surface area contributed by atoms with Crippen LogP contribution in [0.5, 0.6) is 0 Å². The fourth-order valence-electron chi connectivity index (χ4n) is 1.13. The first-order valence-electron chi connectivity index (χ1n) is 10.4. The molecule has 0 heterocycles. The van der Waals surface area contributed by atoms with Gasteiger partial charge in [-0.15, -0.1) is 0 Å². The Morgan fingerprint density at radius 1 is 0.658 bits per heavy atom. The minimum Gasteiger partial charge on any atom is -0.478 e. The molecule has 15 nitrogen and oxygen atoms in total. The molecule has 0 rings (SSSR count). The topological polar surface area (TPSA) is 271 Å². The van der Waals surface area contributed by atoms with Crippen LogP contribution in [0.2, 0.25) is 0 Å². The van der Waals surface area contributed by atoms with E-state index < -0.39 is 35.1 Å². The van der Waals surface area contributed by atoms with Crippen molar-refractivity contribution < 1.29 is 65.0 Å². The predicted octanol–water partition coefficient (Wildman–Crippen LogP) is 0.0205. The lowest BCUT2D eigenvalue weighted by Crippen LogP contribution is -2.32. The molecule has 0 aromatic heterocycles. The fourth-order valence-corrected chi connectivity index (χ4v) is 1.13. The Balaban J connectivity index is -0.000000130. The molecule has 0 radical (unpaired) electrons. The predicted molar refractivity (Wildman–Crippen MR) is 135 cm³/mol. The van der Waals surface area contributed by atoms with Crippen LogP contribution in [0.25, 0.3) is 0 Å². The first-order valence-corrected chi connectivity index (χ1v) is 10.4. The molecule has 0 saturated carbocycles. The van der Waals surface area contributed by atoms with Crippen molar-refractivity contribution in [1.29, 1.82) is 0 Å². The van der Waals surface area contributed by atoms with Gasteiger partial charge in [-0.25, -0.2) is 25.3 Å². The lowest BCUT2D eigenvalue weighted by molar-refractivity contribution is -0.132. The van der Waals surface area contributed by atoms with Crippen LogP contribution < -0.4 is 11.0 Å². The minimum atomic E-state index is -0.981. The number of nitrogens with one attached hydrogen (secondary N) is 2. The van der Waals surface area contributed by atoms with Crippen molar-refractivity contribution in [3.8, 4) is 0 Å². The second-order valence-electron chi connectivity index (χ2n) is 6.29. The van der Waals surface area contributed by atoms with Crippen molar-refractivity contribution >= 4 is 29.7 Å². The molecular formula is C23H38N2O13. The molecule has 0 aromatic rings. The maximum absolute atomic E-state index is 10.4. The monoisotopic (exact) mass is 550 g/mol. The average Bonchev–Trinajstić information content (AvgIpc) is 2.93. The molecule has 0 atom stereocenters. The summed E-state index contributed by atoms with van der Waals surface area (Å²) in [6.07, 6.45) is 9.67. The van der Waals surface area contributed by atoms with Gasteiger partial charge in [0.25, 0.3) is 11.8 Å². The quantitative estimate of drug-likeness (QED) is 0.0665. The van der Waals surface area contributed by atoms with Gasteiger partial charge in [0.1, 0.15) is 0 Å². The van der Waals surface area contributed by atoms with Gasteiger partial charge in [-0.2, -0.15) is 0 Å². The molecule has 0 aliphatic heterocycles. The van der Waals surface area contributed by atoms with Crippen LogP contribution in [-0.4, -0.2) is 90.6 Å². The summed E-state index contributed by atoms with van der Waals surface area (Å²) >= 11 is 0. The van der Waals surface area contributed by atoms with Crippen LogP contribution in [0, 0.1) is 5.41 Å². The highest BCUT2D eigenvalue weighted by Crippen LogP contribution is 2.18. The molecule has 10 N–H and O–H groups in total. The number of unbranched alkanes of at least 4 members (excludes halogenated alkanes) is 1. The van der Waals surface area contributed by atoms with E-state index in [0.29, 0.717) is 19.3 Å². The third kappa shape index (κ3) is 42.0. The van der Waals surface area contributed by atoms with Gasteiger partial charge in [0.2, 0.25) is 0 Å². The summed E-state index contributed by atoms with van der Waals surface area (Å²) in [7, 11) is 0. The lowest BCUT2D eigenvalue weighted by atomic mass is 9.88. The third-order valence-electron chi connectivity index (χ3n) is 3.54. The molecule has 2 amide bonds. The van der Waals surface area contributed by atoms with Gasteiger partial charge < -0.3 is 30.6 Å². The zero-order chi connectivity index (χ0) is 31.0. The zero-order valence-corrected chi connectivity index (χ0v) is 21.0. The molecule has 0 aliphatic carbocycles. The molecule has 0 spiro atoms. The Kier molecular flexibility index (Phi) is 37.9. The maximum Gasteiger partial charge on any atom is 0.327 e. The molecule has 0 fully saturated rings. The Labute approximate surface area is 220 Å². The number of amides is 2. The van der Waals surface area contributed by atoms with E-state index in [9.17, 15) is 24.0 Å². The number of carboxylic acids is 3. The molecule has 0 aliphatic rings. The van der Waals surface area contributed by atoms with Gasteiger partial charge in [-0.05, 0) is 19.3 Å². The number of aliphatic hydroxyl groups is 3. The van der Waals surface area contributed by atoms with E-state index in [1.165, 1.54) is 23.1 Å². The summed E-state index contributed by atoms with van der Waals surface area (Å²) < 4.78 is 0. The van der Waals surface area contributed by atoms with E-state index >= 15 is 0 Å². The number of aliphatic carboxylic acids is 3. The largest absolute Gasteiger partial charge is 0.478 e. The number of hydroxylamine groups is 2. The molecule has 0 aromatic carbocycles. The Morgan fingerprint density at radius 2 is 0.895 bits per heavy atom. The van der Waals surface area contributed by atoms with Crippen LogP contribution in [-0.2, 0) is 24.0 Å². The zero-order valence-electron chi connectivity index (χ0n) is 21.0. The first kappa shape index (κ1) is 43.9. The lowest BCUT2D eigenvalue weighted by Gasteiger charge is -2.24. The van der Waals surface area contributed by atoms with Crippen LogP contribution in [0.3, 0.4) is 0 Å². The summed E-state index contributed by atoms with van der Waals surface area (Å²) in [6.45, 7) is 10.2. The second kappa shape index (κ2) is 32.8. The number of aliphatic hydroxyl groups excluding tert-OH is 3. The maximum atomic E-state index is 10.4. The molecule has 15 heteroatoms. The number of hydrogen-bond donors (Lipinski definition) is 10. The van der Waals surface area contributed by atoms with Crippen molar-refractivity contribution in [2.24, 2.45) is 5.41 Å². The normalized spacial score (nSPS) is 9.32. The average molecular weight is 551 g/mol. The van der Waals surface area contributed by atoms with Crippen LogP contribution in [0.15, 0.2) is 62.3 Å². The molecule has 0 unspecified atom stereocenters. The number of rotatable bonds is 12. The number of allylic oxidation sites excluding steroid dienone is 2. The Bertz CT molecular complexity index is 672. The smallest absolute Gasteiger partial charge is 0.327 e. The van der Waals surface area contributed by atoms with E-state index in [0.717, 1.165) is 18.2 Å². The first-order chi connectivity index (χ1) is 17.8. The van der Waals surface area contributed by atoms with E-state index in [1.807, 2.05) is 6.92 Å². The van der Waals surface area contributed by atoms with Gasteiger partial charge in [0.15, 0.2) is 0 Å². The highest BCUT2D eigenvalue weighted by atomic mass is 16.5.